The third-order valence-corrected chi connectivity index (χ3v) is 3.24. The fraction of sp³-hybridized carbons (Fsp3) is 0.545. The first-order valence-corrected chi connectivity index (χ1v) is 5.43. The van der Waals surface area contributed by atoms with E-state index in [9.17, 15) is 19.5 Å². The van der Waals surface area contributed by atoms with Crippen molar-refractivity contribution in [3.8, 4) is 0 Å². The van der Waals surface area contributed by atoms with Gasteiger partial charge in [0.15, 0.2) is 6.10 Å². The molecule has 2 amide bonds. The van der Waals surface area contributed by atoms with Crippen LogP contribution in [0.3, 0.4) is 0 Å². The maximum Gasteiger partial charge on any atom is 0.334 e. The highest BCUT2D eigenvalue weighted by Crippen LogP contribution is 2.34. The van der Waals surface area contributed by atoms with Gasteiger partial charge >= 0.3 is 5.97 Å². The van der Waals surface area contributed by atoms with Gasteiger partial charge in [-0.1, -0.05) is 12.2 Å². The largest absolute Gasteiger partial charge is 0.479 e. The van der Waals surface area contributed by atoms with Crippen molar-refractivity contribution in [3.05, 3.63) is 12.2 Å². The molecule has 2 rings (SSSR count). The second-order valence-corrected chi connectivity index (χ2v) is 4.30. The zero-order valence-corrected chi connectivity index (χ0v) is 9.07. The summed E-state index contributed by atoms with van der Waals surface area (Å²) in [6, 6.07) is 0. The number of amides is 2. The van der Waals surface area contributed by atoms with E-state index in [-0.39, 0.29) is 23.7 Å². The predicted octanol–water partition coefficient (Wildman–Crippen LogP) is -0.617. The van der Waals surface area contributed by atoms with Crippen molar-refractivity contribution in [2.45, 2.75) is 18.9 Å². The van der Waals surface area contributed by atoms with Crippen molar-refractivity contribution in [2.75, 3.05) is 6.54 Å². The Balaban J connectivity index is 2.13. The maximum absolute atomic E-state index is 11.9. The van der Waals surface area contributed by atoms with Crippen LogP contribution >= 0.6 is 0 Å². The second kappa shape index (κ2) is 4.29. The molecule has 3 unspecified atom stereocenters. The summed E-state index contributed by atoms with van der Waals surface area (Å²) in [5.74, 6) is -2.94. The zero-order valence-electron chi connectivity index (χ0n) is 9.07. The summed E-state index contributed by atoms with van der Waals surface area (Å²) in [7, 11) is 0. The lowest BCUT2D eigenvalue weighted by Crippen LogP contribution is -2.40. The minimum Gasteiger partial charge on any atom is -0.479 e. The third-order valence-electron chi connectivity index (χ3n) is 3.24. The molecule has 2 N–H and O–H groups in total. The number of nitrogens with zero attached hydrogens (tertiary/aromatic N) is 1. The predicted molar refractivity (Wildman–Crippen MR) is 55.7 cm³/mol. The number of carbonyl (C=O) groups excluding carboxylic acids is 2. The Kier molecular flexibility index (Phi) is 2.97. The van der Waals surface area contributed by atoms with Gasteiger partial charge in [-0.05, 0) is 12.8 Å². The van der Waals surface area contributed by atoms with E-state index < -0.39 is 18.6 Å². The molecule has 0 radical (unpaired) electrons. The van der Waals surface area contributed by atoms with E-state index in [0.717, 1.165) is 4.90 Å². The summed E-state index contributed by atoms with van der Waals surface area (Å²) in [4.78, 5) is 35.1. The average Bonchev–Trinajstić information content (AvgIpc) is 2.55. The van der Waals surface area contributed by atoms with Gasteiger partial charge in [0.05, 0.1) is 18.4 Å². The Morgan fingerprint density at radius 1 is 1.29 bits per heavy atom. The van der Waals surface area contributed by atoms with Crippen molar-refractivity contribution in [3.63, 3.8) is 0 Å². The molecule has 0 bridgehead atoms. The molecule has 2 aliphatic rings. The van der Waals surface area contributed by atoms with Crippen LogP contribution in [0, 0.1) is 11.8 Å². The van der Waals surface area contributed by atoms with Crippen molar-refractivity contribution in [2.24, 2.45) is 11.8 Å². The van der Waals surface area contributed by atoms with Crippen molar-refractivity contribution < 1.29 is 24.6 Å². The van der Waals surface area contributed by atoms with E-state index >= 15 is 0 Å². The number of fused-ring (bicyclic) bond motifs is 1. The minimum absolute atomic E-state index is 0.371. The monoisotopic (exact) mass is 239 g/mol. The number of hydrogen-bond donors (Lipinski definition) is 2. The van der Waals surface area contributed by atoms with Gasteiger partial charge in [-0.3, -0.25) is 14.5 Å². The molecule has 6 nitrogen and oxygen atoms in total. The molecule has 17 heavy (non-hydrogen) atoms. The van der Waals surface area contributed by atoms with Crippen LogP contribution in [-0.2, 0) is 14.4 Å². The Hall–Kier alpha value is -1.69. The van der Waals surface area contributed by atoms with E-state index in [1.165, 1.54) is 0 Å². The van der Waals surface area contributed by atoms with Crippen LogP contribution in [0.1, 0.15) is 12.8 Å². The number of likely N-dealkylation sites (tertiary alicyclic amines) is 1. The highest BCUT2D eigenvalue weighted by atomic mass is 16.4. The summed E-state index contributed by atoms with van der Waals surface area (Å²) >= 11 is 0. The van der Waals surface area contributed by atoms with Gasteiger partial charge in [-0.25, -0.2) is 4.79 Å². The molecular formula is C11H13NO5. The van der Waals surface area contributed by atoms with Crippen LogP contribution in [-0.4, -0.2) is 45.5 Å². The molecule has 0 aromatic carbocycles. The number of rotatable bonds is 3. The van der Waals surface area contributed by atoms with E-state index in [1.54, 1.807) is 0 Å². The van der Waals surface area contributed by atoms with Gasteiger partial charge in [0.2, 0.25) is 11.8 Å². The van der Waals surface area contributed by atoms with Crippen LogP contribution in [0.4, 0.5) is 0 Å². The molecule has 92 valence electrons. The van der Waals surface area contributed by atoms with Crippen molar-refractivity contribution >= 4 is 17.8 Å². The number of allylic oxidation sites excluding steroid dienone is 2. The smallest absolute Gasteiger partial charge is 0.334 e. The third kappa shape index (κ3) is 1.95. The topological polar surface area (TPSA) is 94.9 Å². The first-order chi connectivity index (χ1) is 8.02. The van der Waals surface area contributed by atoms with E-state index in [2.05, 4.69) is 0 Å². The molecule has 0 spiro atoms. The molecular weight excluding hydrogens is 226 g/mol. The van der Waals surface area contributed by atoms with Gasteiger partial charge < -0.3 is 10.2 Å². The quantitative estimate of drug-likeness (QED) is 0.505. The Labute approximate surface area is 97.5 Å². The summed E-state index contributed by atoms with van der Waals surface area (Å²) < 4.78 is 0. The molecule has 0 aromatic heterocycles. The van der Waals surface area contributed by atoms with Gasteiger partial charge in [-0.15, -0.1) is 0 Å². The van der Waals surface area contributed by atoms with Crippen LogP contribution in [0.2, 0.25) is 0 Å². The van der Waals surface area contributed by atoms with Crippen LogP contribution in [0.5, 0.6) is 0 Å². The molecule has 0 aromatic rings. The first kappa shape index (κ1) is 11.8. The lowest BCUT2D eigenvalue weighted by atomic mass is 9.85. The lowest BCUT2D eigenvalue weighted by molar-refractivity contribution is -0.150. The zero-order chi connectivity index (χ0) is 12.6. The first-order valence-electron chi connectivity index (χ1n) is 5.43. The summed E-state index contributed by atoms with van der Waals surface area (Å²) in [5.41, 5.74) is 0. The van der Waals surface area contributed by atoms with Crippen LogP contribution in [0.25, 0.3) is 0 Å². The fourth-order valence-corrected chi connectivity index (χ4v) is 2.30. The number of aliphatic carboxylic acids is 1. The van der Waals surface area contributed by atoms with Gasteiger partial charge in [0.25, 0.3) is 0 Å². The maximum atomic E-state index is 11.9. The van der Waals surface area contributed by atoms with Crippen LogP contribution < -0.4 is 0 Å². The average molecular weight is 239 g/mol. The van der Waals surface area contributed by atoms with E-state index in [4.69, 9.17) is 5.11 Å². The molecule has 3 atom stereocenters. The molecule has 1 saturated heterocycles. The van der Waals surface area contributed by atoms with Crippen molar-refractivity contribution in [1.82, 2.24) is 4.90 Å². The number of carboxylic acid groups (broad SMARTS) is 1. The van der Waals surface area contributed by atoms with Gasteiger partial charge in [0, 0.05) is 0 Å². The number of aliphatic hydroxyl groups excluding tert-OH is 1. The molecule has 1 aliphatic carbocycles. The molecule has 6 heteroatoms. The van der Waals surface area contributed by atoms with E-state index in [0.29, 0.717) is 12.8 Å². The number of carboxylic acids is 1. The molecule has 1 aliphatic heterocycles. The Morgan fingerprint density at radius 2 is 1.76 bits per heavy atom. The highest BCUT2D eigenvalue weighted by molar-refractivity contribution is 6.05. The van der Waals surface area contributed by atoms with E-state index in [1.807, 2.05) is 12.2 Å². The van der Waals surface area contributed by atoms with Gasteiger partial charge in [-0.2, -0.15) is 0 Å². The summed E-state index contributed by atoms with van der Waals surface area (Å²) in [6.07, 6.45) is 3.01. The summed E-state index contributed by atoms with van der Waals surface area (Å²) in [6.45, 7) is -0.458. The molecule has 1 heterocycles. The molecule has 0 saturated carbocycles. The van der Waals surface area contributed by atoms with Crippen molar-refractivity contribution in [1.29, 1.82) is 0 Å². The normalized spacial score (nSPS) is 29.4. The number of β-amino-alcohol motifs (C(OH)–C–C–N with tert-alkyl or cyclic N) is 1. The Morgan fingerprint density at radius 3 is 2.18 bits per heavy atom. The van der Waals surface area contributed by atoms with Crippen LogP contribution in [0.15, 0.2) is 12.2 Å². The Bertz CT molecular complexity index is 377. The number of imide groups is 1. The highest BCUT2D eigenvalue weighted by Gasteiger charge is 2.47. The summed E-state index contributed by atoms with van der Waals surface area (Å²) in [5, 5.41) is 17.8. The minimum atomic E-state index is -1.71. The van der Waals surface area contributed by atoms with Gasteiger partial charge in [0.1, 0.15) is 0 Å². The standard InChI is InChI=1S/C11H13NO5/c13-8(11(16)17)5-12-9(14)6-3-1-2-4-7(6)10(12)15/h1-2,6-8,13H,3-5H2,(H,16,17). The molecule has 1 fully saturated rings. The SMILES string of the molecule is O=C(O)C(O)CN1C(=O)C2CC=CCC2C1=O. The second-order valence-electron chi connectivity index (χ2n) is 4.30. The number of hydrogen-bond acceptors (Lipinski definition) is 4. The lowest BCUT2D eigenvalue weighted by Gasteiger charge is -2.16. The number of aliphatic hydroxyl groups is 1. The fourth-order valence-electron chi connectivity index (χ4n) is 2.30. The number of carbonyl (C=O) groups is 3.